The molecule has 0 bridgehead atoms. The van der Waals surface area contributed by atoms with E-state index in [1.165, 1.54) is 0 Å². The van der Waals surface area contributed by atoms with Gasteiger partial charge in [-0.15, -0.1) is 0 Å². The lowest BCUT2D eigenvalue weighted by Gasteiger charge is -2.16. The molecule has 0 N–H and O–H groups in total. The Hall–Kier alpha value is -3.05. The second-order valence-electron chi connectivity index (χ2n) is 6.46. The van der Waals surface area contributed by atoms with E-state index in [4.69, 9.17) is 0 Å². The highest BCUT2D eigenvalue weighted by molar-refractivity contribution is 5.76. The van der Waals surface area contributed by atoms with Crippen LogP contribution in [0.1, 0.15) is 11.3 Å². The summed E-state index contributed by atoms with van der Waals surface area (Å²) in [6.07, 6.45) is 8.67. The van der Waals surface area contributed by atoms with E-state index in [1.807, 2.05) is 53.4 Å². The number of aromatic nitrogens is 4. The summed E-state index contributed by atoms with van der Waals surface area (Å²) < 4.78 is 1.87. The van der Waals surface area contributed by atoms with E-state index in [0.717, 1.165) is 47.5 Å². The van der Waals surface area contributed by atoms with Gasteiger partial charge in [-0.2, -0.15) is 5.10 Å². The maximum absolute atomic E-state index is 4.65. The fourth-order valence-corrected chi connectivity index (χ4v) is 3.06. The summed E-state index contributed by atoms with van der Waals surface area (Å²) in [4.78, 5) is 11.3. The van der Waals surface area contributed by atoms with Crippen LogP contribution in [-0.4, -0.2) is 38.1 Å². The smallest absolute Gasteiger partial charge is 0.162 e. The molecule has 0 atom stereocenters. The maximum Gasteiger partial charge on any atom is 0.162 e. The zero-order chi connectivity index (χ0) is 17.8. The molecule has 0 spiro atoms. The van der Waals surface area contributed by atoms with Crippen LogP contribution in [0.3, 0.4) is 0 Å². The molecule has 0 aliphatic heterocycles. The topological polar surface area (TPSA) is 46.3 Å². The molecular weight excluding hydrogens is 322 g/mol. The van der Waals surface area contributed by atoms with Crippen molar-refractivity contribution in [2.75, 3.05) is 13.6 Å². The van der Waals surface area contributed by atoms with E-state index < -0.39 is 0 Å². The molecule has 0 radical (unpaired) electrons. The average molecular weight is 343 g/mol. The fourth-order valence-electron chi connectivity index (χ4n) is 3.06. The van der Waals surface area contributed by atoms with Crippen molar-refractivity contribution in [2.45, 2.75) is 13.0 Å². The Kier molecular flexibility index (Phi) is 4.71. The summed E-state index contributed by atoms with van der Waals surface area (Å²) in [7, 11) is 2.12. The van der Waals surface area contributed by atoms with Crippen LogP contribution in [0.2, 0.25) is 0 Å². The molecule has 0 saturated heterocycles. The summed E-state index contributed by atoms with van der Waals surface area (Å²) in [5.41, 5.74) is 5.34. The summed E-state index contributed by atoms with van der Waals surface area (Å²) in [5.74, 6) is 0. The van der Waals surface area contributed by atoms with Crippen molar-refractivity contribution in [1.29, 1.82) is 0 Å². The Labute approximate surface area is 153 Å². The number of hydrogen-bond donors (Lipinski definition) is 0. The molecule has 0 aliphatic carbocycles. The highest BCUT2D eigenvalue weighted by atomic mass is 15.2. The Morgan fingerprint density at radius 2 is 1.81 bits per heavy atom. The molecule has 3 aromatic heterocycles. The van der Waals surface area contributed by atoms with Crippen LogP contribution in [0.15, 0.2) is 73.3 Å². The van der Waals surface area contributed by atoms with E-state index in [0.29, 0.717) is 0 Å². The lowest BCUT2D eigenvalue weighted by atomic mass is 10.1. The number of benzene rings is 1. The first kappa shape index (κ1) is 16.4. The normalized spacial score (nSPS) is 11.3. The first-order valence-corrected chi connectivity index (χ1v) is 8.76. The fraction of sp³-hybridized carbons (Fsp3) is 0.190. The van der Waals surface area contributed by atoms with Crippen molar-refractivity contribution in [3.05, 3.63) is 84.6 Å². The van der Waals surface area contributed by atoms with Gasteiger partial charge in [0.05, 0.1) is 6.20 Å². The molecule has 4 rings (SSSR count). The molecule has 0 amide bonds. The highest BCUT2D eigenvalue weighted by Gasteiger charge is 2.09. The van der Waals surface area contributed by atoms with Crippen molar-refractivity contribution in [2.24, 2.45) is 0 Å². The minimum Gasteiger partial charge on any atom is -0.302 e. The molecule has 26 heavy (non-hydrogen) atoms. The largest absolute Gasteiger partial charge is 0.302 e. The number of nitrogens with zero attached hydrogens (tertiary/aromatic N) is 5. The van der Waals surface area contributed by atoms with Gasteiger partial charge in [0.1, 0.15) is 0 Å². The lowest BCUT2D eigenvalue weighted by molar-refractivity contribution is 0.329. The third-order valence-corrected chi connectivity index (χ3v) is 4.42. The van der Waals surface area contributed by atoms with Crippen LogP contribution >= 0.6 is 0 Å². The number of pyridine rings is 1. The van der Waals surface area contributed by atoms with E-state index in [-0.39, 0.29) is 0 Å². The maximum atomic E-state index is 4.65. The SMILES string of the molecule is CN(CCc1ccccn1)Cc1cnc2c(-c3ccccc3)cnn2c1. The molecule has 1 aromatic carbocycles. The Balaban J connectivity index is 1.46. The second kappa shape index (κ2) is 7.45. The van der Waals surface area contributed by atoms with Crippen molar-refractivity contribution in [3.8, 4) is 11.1 Å². The van der Waals surface area contributed by atoms with Gasteiger partial charge in [0, 0.05) is 54.9 Å². The van der Waals surface area contributed by atoms with E-state index >= 15 is 0 Å². The molecule has 0 fully saturated rings. The first-order chi connectivity index (χ1) is 12.8. The third kappa shape index (κ3) is 3.63. The van der Waals surface area contributed by atoms with Crippen LogP contribution in [0, 0.1) is 0 Å². The zero-order valence-electron chi connectivity index (χ0n) is 14.8. The van der Waals surface area contributed by atoms with Crippen molar-refractivity contribution >= 4 is 5.65 Å². The first-order valence-electron chi connectivity index (χ1n) is 8.76. The van der Waals surface area contributed by atoms with Crippen molar-refractivity contribution in [3.63, 3.8) is 0 Å². The Bertz CT molecular complexity index is 979. The van der Waals surface area contributed by atoms with Gasteiger partial charge in [-0.25, -0.2) is 9.50 Å². The molecular formula is C21H21N5. The number of rotatable bonds is 6. The van der Waals surface area contributed by atoms with Gasteiger partial charge < -0.3 is 4.90 Å². The molecule has 5 heteroatoms. The minimum atomic E-state index is 0.830. The van der Waals surface area contributed by atoms with Crippen LogP contribution in [0.5, 0.6) is 0 Å². The molecule has 3 heterocycles. The number of likely N-dealkylation sites (N-methyl/N-ethyl adjacent to an activating group) is 1. The second-order valence-corrected chi connectivity index (χ2v) is 6.46. The van der Waals surface area contributed by atoms with Crippen LogP contribution in [0.4, 0.5) is 0 Å². The summed E-state index contributed by atoms with van der Waals surface area (Å²) in [5, 5.41) is 4.48. The third-order valence-electron chi connectivity index (χ3n) is 4.42. The highest BCUT2D eigenvalue weighted by Crippen LogP contribution is 2.22. The summed E-state index contributed by atoms with van der Waals surface area (Å²) in [6.45, 7) is 1.78. The molecule has 0 unspecified atom stereocenters. The molecule has 0 aliphatic rings. The Morgan fingerprint density at radius 1 is 0.962 bits per heavy atom. The molecule has 5 nitrogen and oxygen atoms in total. The number of hydrogen-bond acceptors (Lipinski definition) is 4. The van der Waals surface area contributed by atoms with Crippen LogP contribution in [0.25, 0.3) is 16.8 Å². The van der Waals surface area contributed by atoms with Crippen LogP contribution in [-0.2, 0) is 13.0 Å². The van der Waals surface area contributed by atoms with E-state index in [2.05, 4.69) is 51.4 Å². The van der Waals surface area contributed by atoms with E-state index in [1.54, 1.807) is 0 Å². The minimum absolute atomic E-state index is 0.830. The predicted octanol–water partition coefficient (Wildman–Crippen LogP) is 3.47. The molecule has 0 saturated carbocycles. The molecule has 4 aromatic rings. The van der Waals surface area contributed by atoms with Gasteiger partial charge >= 0.3 is 0 Å². The zero-order valence-corrected chi connectivity index (χ0v) is 14.8. The van der Waals surface area contributed by atoms with Gasteiger partial charge in [-0.3, -0.25) is 4.98 Å². The Morgan fingerprint density at radius 3 is 2.62 bits per heavy atom. The summed E-state index contributed by atoms with van der Waals surface area (Å²) >= 11 is 0. The quantitative estimate of drug-likeness (QED) is 0.538. The average Bonchev–Trinajstić information content (AvgIpc) is 3.11. The van der Waals surface area contributed by atoms with Gasteiger partial charge in [-0.05, 0) is 24.7 Å². The molecule has 130 valence electrons. The van der Waals surface area contributed by atoms with Gasteiger partial charge in [0.2, 0.25) is 0 Å². The monoisotopic (exact) mass is 343 g/mol. The van der Waals surface area contributed by atoms with Gasteiger partial charge in [0.25, 0.3) is 0 Å². The van der Waals surface area contributed by atoms with E-state index in [9.17, 15) is 0 Å². The number of fused-ring (bicyclic) bond motifs is 1. The predicted molar refractivity (Wildman–Crippen MR) is 103 cm³/mol. The lowest BCUT2D eigenvalue weighted by Crippen LogP contribution is -2.21. The standard InChI is InChI=1S/C21H21N5/c1-25(12-10-19-9-5-6-11-22-19)15-17-13-23-21-20(14-24-26(21)16-17)18-7-3-2-4-8-18/h2-9,11,13-14,16H,10,12,15H2,1H3. The summed E-state index contributed by atoms with van der Waals surface area (Å²) in [6, 6.07) is 16.3. The van der Waals surface area contributed by atoms with Crippen molar-refractivity contribution < 1.29 is 0 Å². The van der Waals surface area contributed by atoms with Gasteiger partial charge in [0.15, 0.2) is 5.65 Å². The van der Waals surface area contributed by atoms with Crippen LogP contribution < -0.4 is 0 Å². The van der Waals surface area contributed by atoms with Gasteiger partial charge in [-0.1, -0.05) is 36.4 Å². The van der Waals surface area contributed by atoms with Crippen molar-refractivity contribution in [1.82, 2.24) is 24.5 Å².